The molecule has 0 radical (unpaired) electrons. The van der Waals surface area contributed by atoms with Crippen LogP contribution < -0.4 is 10.2 Å². The largest absolute Gasteiger partial charge is 0.493 e. The summed E-state index contributed by atoms with van der Waals surface area (Å²) in [6, 6.07) is 7.00. The fourth-order valence-electron chi connectivity index (χ4n) is 2.92. The molecule has 0 fully saturated rings. The number of fused-ring (bicyclic) bond motifs is 1. The molecular weight excluding hydrogens is 499 g/mol. The highest BCUT2D eigenvalue weighted by molar-refractivity contribution is 9.10. The van der Waals surface area contributed by atoms with Crippen LogP contribution in [0.25, 0.3) is 11.6 Å². The molecule has 3 aromatic rings. The Kier molecular flexibility index (Phi) is 5.54. The van der Waals surface area contributed by atoms with Crippen molar-refractivity contribution in [3.8, 4) is 5.88 Å². The lowest BCUT2D eigenvalue weighted by molar-refractivity contribution is -0.116. The molecule has 0 saturated carbocycles. The summed E-state index contributed by atoms with van der Waals surface area (Å²) in [4.78, 5) is 28.3. The first-order chi connectivity index (χ1) is 14.7. The van der Waals surface area contributed by atoms with Crippen LogP contribution >= 0.6 is 27.3 Å². The Hall–Kier alpha value is -3.18. The minimum absolute atomic E-state index is 0.200. The van der Waals surface area contributed by atoms with Crippen molar-refractivity contribution in [2.75, 3.05) is 5.32 Å². The van der Waals surface area contributed by atoms with Crippen LogP contribution in [0.2, 0.25) is 0 Å². The second-order valence-electron chi connectivity index (χ2n) is 6.43. The Morgan fingerprint density at radius 1 is 1.23 bits per heavy atom. The smallest absolute Gasteiger partial charge is 0.311 e. The van der Waals surface area contributed by atoms with Crippen molar-refractivity contribution in [3.05, 3.63) is 72.4 Å². The van der Waals surface area contributed by atoms with Gasteiger partial charge in [-0.2, -0.15) is 0 Å². The van der Waals surface area contributed by atoms with Gasteiger partial charge in [0.25, 0.3) is 0 Å². The first-order valence-electron chi connectivity index (χ1n) is 8.66. The van der Waals surface area contributed by atoms with Gasteiger partial charge in [-0.3, -0.25) is 19.1 Å². The minimum Gasteiger partial charge on any atom is -0.493 e. The van der Waals surface area contributed by atoms with Gasteiger partial charge in [0, 0.05) is 21.8 Å². The van der Waals surface area contributed by atoms with E-state index in [1.54, 1.807) is 12.3 Å². The molecule has 1 aliphatic rings. The van der Waals surface area contributed by atoms with Crippen LogP contribution in [0.5, 0.6) is 5.88 Å². The Morgan fingerprint density at radius 2 is 2.00 bits per heavy atom. The lowest BCUT2D eigenvalue weighted by atomic mass is 10.1. The molecule has 0 bridgehead atoms. The predicted octanol–water partition coefficient (Wildman–Crippen LogP) is 4.69. The number of aliphatic imine (C=N–C) groups is 1. The standard InChI is InChI=1S/C20H11BrF3N3O3S/c21-10-1-3-13-11(6-10)9(7-25-13)5-15-19(29)27(20(30)31-15)8-16(28)26-14-4-2-12(22)17(23)18(14)24/h1-7,29H,8H2,(H,26,28). The Balaban J connectivity index is 1.58. The number of aromatic nitrogens is 1. The quantitative estimate of drug-likeness (QED) is 0.500. The van der Waals surface area contributed by atoms with E-state index in [1.807, 2.05) is 18.2 Å². The third kappa shape index (κ3) is 4.06. The predicted molar refractivity (Wildman–Crippen MR) is 115 cm³/mol. The second kappa shape index (κ2) is 8.16. The number of allylic oxidation sites excluding steroid dienone is 1. The molecule has 11 heteroatoms. The number of benzene rings is 2. The second-order valence-corrected chi connectivity index (χ2v) is 8.34. The van der Waals surface area contributed by atoms with Gasteiger partial charge in [-0.05, 0) is 36.4 Å². The molecule has 0 unspecified atom stereocenters. The van der Waals surface area contributed by atoms with Crippen molar-refractivity contribution >= 4 is 62.4 Å². The number of hydrogen-bond donors (Lipinski definition) is 2. The Labute approximate surface area is 185 Å². The zero-order valence-electron chi connectivity index (χ0n) is 15.3. The number of hydrogen-bond acceptors (Lipinski definition) is 5. The van der Waals surface area contributed by atoms with Gasteiger partial charge in [-0.15, -0.1) is 0 Å². The lowest BCUT2D eigenvalue weighted by Gasteiger charge is -2.08. The zero-order chi connectivity index (χ0) is 22.3. The third-order valence-electron chi connectivity index (χ3n) is 4.40. The molecule has 1 aromatic heterocycles. The molecule has 0 spiro atoms. The van der Waals surface area contributed by atoms with Gasteiger partial charge < -0.3 is 10.4 Å². The number of carbonyl (C=O) groups excluding carboxylic acids is 1. The molecule has 0 atom stereocenters. The average Bonchev–Trinajstić information content (AvgIpc) is 3.24. The van der Waals surface area contributed by atoms with E-state index in [2.05, 4.69) is 26.2 Å². The highest BCUT2D eigenvalue weighted by Gasteiger charge is 2.20. The third-order valence-corrected chi connectivity index (χ3v) is 5.81. The van der Waals surface area contributed by atoms with E-state index >= 15 is 0 Å². The summed E-state index contributed by atoms with van der Waals surface area (Å²) in [6.07, 6.45) is 3.15. The molecule has 0 aliphatic carbocycles. The molecular formula is C20H11BrF3N3O3S. The number of nitrogens with one attached hydrogen (secondary N) is 1. The van der Waals surface area contributed by atoms with Crippen molar-refractivity contribution in [1.82, 2.24) is 4.57 Å². The topological polar surface area (TPSA) is 83.7 Å². The molecule has 0 saturated heterocycles. The van der Waals surface area contributed by atoms with Crippen molar-refractivity contribution in [1.29, 1.82) is 0 Å². The van der Waals surface area contributed by atoms with Gasteiger partial charge in [-0.25, -0.2) is 13.2 Å². The molecule has 1 amide bonds. The minimum atomic E-state index is -1.73. The number of anilines is 1. The summed E-state index contributed by atoms with van der Waals surface area (Å²) in [6.45, 7) is -0.654. The first kappa shape index (κ1) is 21.1. The zero-order valence-corrected chi connectivity index (χ0v) is 17.7. The normalized spacial score (nSPS) is 13.6. The lowest BCUT2D eigenvalue weighted by Crippen LogP contribution is -2.24. The van der Waals surface area contributed by atoms with E-state index in [0.29, 0.717) is 23.0 Å². The molecule has 31 heavy (non-hydrogen) atoms. The number of carbonyl (C=O) groups is 1. The van der Waals surface area contributed by atoms with Crippen molar-refractivity contribution in [3.63, 3.8) is 0 Å². The van der Waals surface area contributed by atoms with Gasteiger partial charge in [0.15, 0.2) is 17.5 Å². The summed E-state index contributed by atoms with van der Waals surface area (Å²) in [5.74, 6) is -6.06. The maximum atomic E-state index is 13.7. The summed E-state index contributed by atoms with van der Waals surface area (Å²) in [5, 5.41) is 12.5. The van der Waals surface area contributed by atoms with Crippen LogP contribution in [-0.4, -0.2) is 21.8 Å². The van der Waals surface area contributed by atoms with E-state index in [0.717, 1.165) is 26.4 Å². The van der Waals surface area contributed by atoms with Gasteiger partial charge in [0.2, 0.25) is 11.8 Å². The van der Waals surface area contributed by atoms with Crippen molar-refractivity contribution < 1.29 is 23.1 Å². The van der Waals surface area contributed by atoms with Crippen LogP contribution in [-0.2, 0) is 11.3 Å². The van der Waals surface area contributed by atoms with E-state index in [1.165, 1.54) is 0 Å². The first-order valence-corrected chi connectivity index (χ1v) is 10.3. The molecule has 2 N–H and O–H groups in total. The Morgan fingerprint density at radius 3 is 2.77 bits per heavy atom. The summed E-state index contributed by atoms with van der Waals surface area (Å²) < 4.78 is 41.7. The SMILES string of the molecule is O=C(Cn1c(O)c(C=C2C=Nc3ccc(Br)cc32)sc1=O)Nc1ccc(F)c(F)c1F. The van der Waals surface area contributed by atoms with Crippen LogP contribution in [0.1, 0.15) is 10.4 Å². The number of amides is 1. The molecule has 4 rings (SSSR count). The number of halogens is 4. The van der Waals surface area contributed by atoms with E-state index < -0.39 is 46.3 Å². The monoisotopic (exact) mass is 509 g/mol. The van der Waals surface area contributed by atoms with Crippen LogP contribution in [0, 0.1) is 17.5 Å². The fraction of sp³-hybridized carbons (Fsp3) is 0.0500. The van der Waals surface area contributed by atoms with Crippen LogP contribution in [0.4, 0.5) is 24.5 Å². The molecule has 6 nitrogen and oxygen atoms in total. The van der Waals surface area contributed by atoms with Gasteiger partial charge in [0.1, 0.15) is 6.54 Å². The molecule has 1 aliphatic heterocycles. The maximum Gasteiger partial charge on any atom is 0.311 e. The maximum absolute atomic E-state index is 13.7. The fourth-order valence-corrected chi connectivity index (χ4v) is 4.12. The van der Waals surface area contributed by atoms with E-state index in [-0.39, 0.29) is 4.88 Å². The van der Waals surface area contributed by atoms with Gasteiger partial charge in [0.05, 0.1) is 16.3 Å². The van der Waals surface area contributed by atoms with E-state index in [9.17, 15) is 27.9 Å². The number of aromatic hydroxyl groups is 1. The highest BCUT2D eigenvalue weighted by atomic mass is 79.9. The Bertz CT molecular complexity index is 1350. The van der Waals surface area contributed by atoms with Crippen LogP contribution in [0.15, 0.2) is 44.6 Å². The summed E-state index contributed by atoms with van der Waals surface area (Å²) in [5.41, 5.74) is 1.60. The van der Waals surface area contributed by atoms with E-state index in [4.69, 9.17) is 0 Å². The summed E-state index contributed by atoms with van der Waals surface area (Å²) >= 11 is 4.08. The number of thiazole rings is 1. The van der Waals surface area contributed by atoms with Crippen LogP contribution in [0.3, 0.4) is 0 Å². The van der Waals surface area contributed by atoms with Crippen molar-refractivity contribution in [2.45, 2.75) is 6.54 Å². The number of nitrogens with zero attached hydrogens (tertiary/aromatic N) is 2. The van der Waals surface area contributed by atoms with Gasteiger partial charge in [-0.1, -0.05) is 27.3 Å². The van der Waals surface area contributed by atoms with Gasteiger partial charge >= 0.3 is 4.87 Å². The van der Waals surface area contributed by atoms with Crippen molar-refractivity contribution in [2.24, 2.45) is 4.99 Å². The highest BCUT2D eigenvalue weighted by Crippen LogP contribution is 2.36. The number of rotatable bonds is 4. The average molecular weight is 510 g/mol. The molecule has 2 aromatic carbocycles. The molecule has 2 heterocycles. The molecule has 158 valence electrons. The summed E-state index contributed by atoms with van der Waals surface area (Å²) in [7, 11) is 0.